The molecule has 0 bridgehead atoms. The van der Waals surface area contributed by atoms with Crippen LogP contribution in [0.5, 0.6) is 0 Å². The second kappa shape index (κ2) is 7.65. The number of carbonyl (C=O) groups is 2. The van der Waals surface area contributed by atoms with Crippen molar-refractivity contribution in [3.8, 4) is 0 Å². The van der Waals surface area contributed by atoms with Crippen molar-refractivity contribution < 1.29 is 14.0 Å². The van der Waals surface area contributed by atoms with Crippen molar-refractivity contribution in [3.05, 3.63) is 47.9 Å². The molecule has 28 heavy (non-hydrogen) atoms. The monoisotopic (exact) mass is 384 g/mol. The minimum absolute atomic E-state index is 0.0747. The lowest BCUT2D eigenvalue weighted by atomic mass is 10.1. The Balaban J connectivity index is 2.09. The smallest absolute Gasteiger partial charge is 0.252 e. The lowest BCUT2D eigenvalue weighted by Gasteiger charge is -2.27. The summed E-state index contributed by atoms with van der Waals surface area (Å²) in [5.41, 5.74) is 7.04. The number of hydrazine groups is 1. The van der Waals surface area contributed by atoms with Gasteiger partial charge in [0.1, 0.15) is 12.1 Å². The molecule has 5 N–H and O–H groups in total. The number of halogens is 1. The van der Waals surface area contributed by atoms with E-state index in [1.807, 2.05) is 30.5 Å². The number of aromatic nitrogens is 2. The van der Waals surface area contributed by atoms with E-state index in [0.717, 1.165) is 27.7 Å². The second-order valence-electron chi connectivity index (χ2n) is 6.50. The zero-order valence-corrected chi connectivity index (χ0v) is 15.5. The number of benzene rings is 1. The Hall–Kier alpha value is -3.46. The van der Waals surface area contributed by atoms with Crippen LogP contribution in [0.15, 0.2) is 36.5 Å². The van der Waals surface area contributed by atoms with Gasteiger partial charge in [-0.15, -0.1) is 0 Å². The van der Waals surface area contributed by atoms with Crippen LogP contribution in [0.4, 0.5) is 21.7 Å². The van der Waals surface area contributed by atoms with Crippen molar-refractivity contribution in [2.75, 3.05) is 17.0 Å². The van der Waals surface area contributed by atoms with Gasteiger partial charge in [-0.3, -0.25) is 9.80 Å². The van der Waals surface area contributed by atoms with Gasteiger partial charge in [-0.05, 0) is 37.3 Å². The number of nitrogens with zero attached hydrogens (tertiary/aromatic N) is 3. The van der Waals surface area contributed by atoms with Crippen LogP contribution in [0.1, 0.15) is 23.7 Å². The molecule has 1 unspecified atom stereocenters. The standard InChI is InChI=1S/C19H21FN6O2/c1-11(6-8-27)26(22)19-15(20)10-14(17(21)28)18(24-19)25(2)13-3-4-16-12(9-13)5-7-23-16/h3-5,7-11,23H,6,22H2,1-2H3,(H2,21,28). The molecule has 3 rings (SSSR count). The highest BCUT2D eigenvalue weighted by Crippen LogP contribution is 2.31. The van der Waals surface area contributed by atoms with Crippen molar-refractivity contribution in [2.24, 2.45) is 11.6 Å². The average Bonchev–Trinajstić information content (AvgIpc) is 3.14. The predicted octanol–water partition coefficient (Wildman–Crippen LogP) is 2.23. The fourth-order valence-electron chi connectivity index (χ4n) is 2.92. The number of amides is 1. The summed E-state index contributed by atoms with van der Waals surface area (Å²) in [5.74, 6) is 4.32. The number of pyridine rings is 1. The van der Waals surface area contributed by atoms with Gasteiger partial charge in [0.2, 0.25) is 0 Å². The maximum absolute atomic E-state index is 14.6. The molecular formula is C19H21FN6O2. The summed E-state index contributed by atoms with van der Waals surface area (Å²) in [6, 6.07) is 8.07. The molecule has 3 aromatic rings. The van der Waals surface area contributed by atoms with Crippen molar-refractivity contribution in [1.29, 1.82) is 0 Å². The summed E-state index contributed by atoms with van der Waals surface area (Å²) in [5, 5.41) is 2.04. The highest BCUT2D eigenvalue weighted by atomic mass is 19.1. The van der Waals surface area contributed by atoms with E-state index in [1.54, 1.807) is 18.9 Å². The van der Waals surface area contributed by atoms with Crippen LogP contribution in [-0.4, -0.2) is 35.3 Å². The van der Waals surface area contributed by atoms with Crippen molar-refractivity contribution in [2.45, 2.75) is 19.4 Å². The maximum Gasteiger partial charge on any atom is 0.252 e. The van der Waals surface area contributed by atoms with Crippen LogP contribution in [0.2, 0.25) is 0 Å². The van der Waals surface area contributed by atoms with Crippen LogP contribution in [0, 0.1) is 5.82 Å². The molecule has 0 aliphatic heterocycles. The Morgan fingerprint density at radius 1 is 1.32 bits per heavy atom. The minimum atomic E-state index is -0.813. The Morgan fingerprint density at radius 2 is 2.07 bits per heavy atom. The number of nitrogens with two attached hydrogens (primary N) is 2. The number of hydrogen-bond acceptors (Lipinski definition) is 6. The molecule has 1 amide bonds. The van der Waals surface area contributed by atoms with Gasteiger partial charge in [-0.2, -0.15) is 0 Å². The van der Waals surface area contributed by atoms with Crippen LogP contribution in [0.3, 0.4) is 0 Å². The third-order valence-corrected chi connectivity index (χ3v) is 4.60. The molecule has 1 aromatic carbocycles. The molecule has 2 heterocycles. The van der Waals surface area contributed by atoms with Crippen LogP contribution >= 0.6 is 0 Å². The van der Waals surface area contributed by atoms with Gasteiger partial charge in [0, 0.05) is 36.3 Å². The molecule has 8 nitrogen and oxygen atoms in total. The molecule has 0 saturated carbocycles. The van der Waals surface area contributed by atoms with Crippen LogP contribution in [-0.2, 0) is 4.79 Å². The van der Waals surface area contributed by atoms with Crippen LogP contribution < -0.4 is 21.5 Å². The van der Waals surface area contributed by atoms with E-state index in [9.17, 15) is 14.0 Å². The first-order valence-corrected chi connectivity index (χ1v) is 8.62. The normalized spacial score (nSPS) is 12.0. The fraction of sp³-hybridized carbons (Fsp3) is 0.211. The van der Waals surface area contributed by atoms with Gasteiger partial charge < -0.3 is 20.4 Å². The Labute approximate surface area is 160 Å². The molecular weight excluding hydrogens is 363 g/mol. The van der Waals surface area contributed by atoms with E-state index in [-0.39, 0.29) is 23.6 Å². The number of primary amides is 1. The molecule has 2 aromatic heterocycles. The molecule has 1 atom stereocenters. The average molecular weight is 384 g/mol. The number of fused-ring (bicyclic) bond motifs is 1. The summed E-state index contributed by atoms with van der Waals surface area (Å²) >= 11 is 0. The number of anilines is 3. The number of hydrogen-bond donors (Lipinski definition) is 3. The number of aromatic amines is 1. The topological polar surface area (TPSA) is 121 Å². The molecule has 0 radical (unpaired) electrons. The molecule has 0 aliphatic rings. The van der Waals surface area contributed by atoms with E-state index < -0.39 is 17.8 Å². The molecule has 0 saturated heterocycles. The first-order chi connectivity index (χ1) is 13.3. The third-order valence-electron chi connectivity index (χ3n) is 4.60. The number of H-pyrrole nitrogens is 1. The van der Waals surface area contributed by atoms with E-state index in [0.29, 0.717) is 6.29 Å². The quantitative estimate of drug-likeness (QED) is 0.326. The zero-order chi connectivity index (χ0) is 20.4. The van der Waals surface area contributed by atoms with Gasteiger partial charge in [0.05, 0.1) is 11.6 Å². The van der Waals surface area contributed by atoms with Gasteiger partial charge in [0.15, 0.2) is 11.6 Å². The van der Waals surface area contributed by atoms with Gasteiger partial charge in [-0.1, -0.05) is 0 Å². The molecule has 0 spiro atoms. The van der Waals surface area contributed by atoms with Crippen LogP contribution in [0.25, 0.3) is 10.9 Å². The Kier molecular flexibility index (Phi) is 5.27. The number of aldehydes is 1. The molecule has 146 valence electrons. The van der Waals surface area contributed by atoms with E-state index >= 15 is 0 Å². The van der Waals surface area contributed by atoms with E-state index in [2.05, 4.69) is 9.97 Å². The third kappa shape index (κ3) is 3.52. The van der Waals surface area contributed by atoms with Gasteiger partial charge in [-0.25, -0.2) is 15.2 Å². The summed E-state index contributed by atoms with van der Waals surface area (Å²) in [6.07, 6.45) is 2.61. The Morgan fingerprint density at radius 3 is 2.75 bits per heavy atom. The first kappa shape index (κ1) is 19.3. The van der Waals surface area contributed by atoms with E-state index in [1.165, 1.54) is 0 Å². The fourth-order valence-corrected chi connectivity index (χ4v) is 2.92. The molecule has 0 aliphatic carbocycles. The van der Waals surface area contributed by atoms with Crippen molar-refractivity contribution >= 4 is 40.4 Å². The SMILES string of the molecule is CC(CC=O)N(N)c1nc(N(C)c2ccc3[nH]ccc3c2)c(C(N)=O)cc1F. The highest BCUT2D eigenvalue weighted by Gasteiger charge is 2.23. The highest BCUT2D eigenvalue weighted by molar-refractivity contribution is 5.99. The lowest BCUT2D eigenvalue weighted by molar-refractivity contribution is -0.108. The molecule has 9 heteroatoms. The maximum atomic E-state index is 14.6. The minimum Gasteiger partial charge on any atom is -0.365 e. The predicted molar refractivity (Wildman–Crippen MR) is 106 cm³/mol. The largest absolute Gasteiger partial charge is 0.365 e. The van der Waals surface area contributed by atoms with Gasteiger partial charge >= 0.3 is 0 Å². The second-order valence-corrected chi connectivity index (χ2v) is 6.50. The zero-order valence-electron chi connectivity index (χ0n) is 15.5. The van der Waals surface area contributed by atoms with Crippen molar-refractivity contribution in [1.82, 2.24) is 9.97 Å². The lowest BCUT2D eigenvalue weighted by Crippen LogP contribution is -2.41. The van der Waals surface area contributed by atoms with Gasteiger partial charge in [0.25, 0.3) is 5.91 Å². The van der Waals surface area contributed by atoms with Crippen molar-refractivity contribution in [3.63, 3.8) is 0 Å². The summed E-state index contributed by atoms with van der Waals surface area (Å²) < 4.78 is 14.6. The first-order valence-electron chi connectivity index (χ1n) is 8.62. The summed E-state index contributed by atoms with van der Waals surface area (Å²) in [6.45, 7) is 1.67. The Bertz CT molecular complexity index is 1030. The summed E-state index contributed by atoms with van der Waals surface area (Å²) in [7, 11) is 1.69. The number of carbonyl (C=O) groups excluding carboxylic acids is 2. The number of nitrogens with one attached hydrogen (secondary N) is 1. The van der Waals surface area contributed by atoms with E-state index in [4.69, 9.17) is 11.6 Å². The number of rotatable bonds is 7. The summed E-state index contributed by atoms with van der Waals surface area (Å²) in [4.78, 5) is 31.6. The molecule has 0 fully saturated rings.